The quantitative estimate of drug-likeness (QED) is 0.351. The van der Waals surface area contributed by atoms with Crippen LogP contribution >= 0.6 is 0 Å². The second kappa shape index (κ2) is 31.2. The van der Waals surface area contributed by atoms with Crippen LogP contribution in [0.4, 0.5) is 0 Å². The maximum Gasteiger partial charge on any atom is 0.240 e. The predicted molar refractivity (Wildman–Crippen MR) is 176 cm³/mol. The third-order valence-electron chi connectivity index (χ3n) is 5.08. The minimum atomic E-state index is -0.529. The first-order valence-corrected chi connectivity index (χ1v) is 15.3. The second-order valence-corrected chi connectivity index (χ2v) is 7.72. The molecule has 0 aliphatic carbocycles. The first kappa shape index (κ1) is 44.6. The van der Waals surface area contributed by atoms with Gasteiger partial charge in [-0.2, -0.15) is 5.26 Å². The lowest BCUT2D eigenvalue weighted by molar-refractivity contribution is -0.131. The van der Waals surface area contributed by atoms with Gasteiger partial charge in [0.15, 0.2) is 0 Å². The average molecular weight is 573 g/mol. The molecule has 1 aliphatic heterocycles. The van der Waals surface area contributed by atoms with Crippen LogP contribution in [0.2, 0.25) is 0 Å². The Morgan fingerprint density at radius 1 is 0.854 bits per heavy atom. The number of nitriles is 1. The number of hydrogen-bond donors (Lipinski definition) is 1. The number of amides is 2. The number of nitrogens with two attached hydrogens (primary N) is 1. The van der Waals surface area contributed by atoms with Crippen molar-refractivity contribution in [3.8, 4) is 17.6 Å². The van der Waals surface area contributed by atoms with E-state index in [1.165, 1.54) is 4.90 Å². The Balaban J connectivity index is -0.000000390. The topological polar surface area (TPSA) is 99.7 Å². The van der Waals surface area contributed by atoms with Gasteiger partial charge in [-0.15, -0.1) is 0 Å². The highest BCUT2D eigenvalue weighted by molar-refractivity contribution is 5.83. The fraction of sp³-hybridized carbons (Fsp3) is 0.559. The van der Waals surface area contributed by atoms with Crippen LogP contribution in [0.3, 0.4) is 0 Å². The summed E-state index contributed by atoms with van der Waals surface area (Å²) in [6.07, 6.45) is 2.88. The van der Waals surface area contributed by atoms with Crippen LogP contribution in [0.1, 0.15) is 106 Å². The number of carbonyl (C=O) groups excluding carboxylic acids is 2. The van der Waals surface area contributed by atoms with E-state index in [1.807, 2.05) is 105 Å². The molecule has 1 aliphatic rings. The number of nitrogens with zero attached hydrogens (tertiary/aromatic N) is 3. The molecular weight excluding hydrogens is 512 g/mol. The van der Waals surface area contributed by atoms with Gasteiger partial charge in [0.2, 0.25) is 12.3 Å². The first-order valence-electron chi connectivity index (χ1n) is 15.3. The Kier molecular flexibility index (Phi) is 33.9. The van der Waals surface area contributed by atoms with E-state index in [4.69, 9.17) is 15.7 Å². The minimum absolute atomic E-state index is 0.0351. The van der Waals surface area contributed by atoms with Crippen LogP contribution in [0.5, 0.6) is 11.5 Å². The molecule has 2 N–H and O–H groups in total. The zero-order valence-electron chi connectivity index (χ0n) is 28.3. The summed E-state index contributed by atoms with van der Waals surface area (Å²) in [5.41, 5.74) is 7.82. The highest BCUT2D eigenvalue weighted by Crippen LogP contribution is 2.26. The molecule has 1 fully saturated rings. The van der Waals surface area contributed by atoms with E-state index >= 15 is 0 Å². The van der Waals surface area contributed by atoms with Crippen LogP contribution in [-0.2, 0) is 9.59 Å². The van der Waals surface area contributed by atoms with Crippen molar-refractivity contribution in [2.75, 3.05) is 27.2 Å². The standard InChI is InChI=1S/C21H23N3O2.C3H7NO.5C2H6/c1-15(20(23)21(25)24-12-2-3-13-24)17-6-10-19(11-7-17)26-18-8-4-16(14-22)5-9-18;1-4(2)3-5;5*1-2/h4-11,15,20H,2-3,12-13,23H2,1H3;3H,1-2H3;5*1-2H3/t15?,20-;;;;;;/m0....../s1. The summed E-state index contributed by atoms with van der Waals surface area (Å²) in [4.78, 5) is 25.2. The fourth-order valence-electron chi connectivity index (χ4n) is 3.14. The number of ether oxygens (including phenoxy) is 1. The third-order valence-corrected chi connectivity index (χ3v) is 5.08. The molecule has 1 heterocycles. The van der Waals surface area contributed by atoms with Gasteiger partial charge >= 0.3 is 0 Å². The third kappa shape index (κ3) is 19.4. The molecule has 1 saturated heterocycles. The molecule has 0 aromatic heterocycles. The Hall–Kier alpha value is -3.37. The maximum absolute atomic E-state index is 12.5. The summed E-state index contributed by atoms with van der Waals surface area (Å²) in [6, 6.07) is 16.1. The summed E-state index contributed by atoms with van der Waals surface area (Å²) in [5.74, 6) is 1.34. The fourth-order valence-corrected chi connectivity index (χ4v) is 3.14. The van der Waals surface area contributed by atoms with E-state index in [-0.39, 0.29) is 11.8 Å². The maximum atomic E-state index is 12.5. The number of carbonyl (C=O) groups is 2. The van der Waals surface area contributed by atoms with E-state index in [2.05, 4.69) is 6.07 Å². The van der Waals surface area contributed by atoms with E-state index in [9.17, 15) is 9.59 Å². The molecule has 234 valence electrons. The summed E-state index contributed by atoms with van der Waals surface area (Å²) >= 11 is 0. The van der Waals surface area contributed by atoms with Gasteiger partial charge in [-0.25, -0.2) is 0 Å². The van der Waals surface area contributed by atoms with Crippen LogP contribution in [-0.4, -0.2) is 55.3 Å². The summed E-state index contributed by atoms with van der Waals surface area (Å²) in [7, 11) is 3.38. The largest absolute Gasteiger partial charge is 0.457 e. The second-order valence-electron chi connectivity index (χ2n) is 7.72. The Labute approximate surface area is 252 Å². The SMILES string of the molecule is CC.CC.CC.CC.CC.CC(c1ccc(Oc2ccc(C#N)cc2)cc1)[C@H](N)C(=O)N1CCCC1.CN(C)C=O. The van der Waals surface area contributed by atoms with E-state index in [0.717, 1.165) is 37.9 Å². The number of benzene rings is 2. The normalized spacial score (nSPS) is 11.7. The van der Waals surface area contributed by atoms with Crippen molar-refractivity contribution in [1.82, 2.24) is 9.80 Å². The van der Waals surface area contributed by atoms with Gasteiger partial charge in [0.25, 0.3) is 0 Å². The van der Waals surface area contributed by atoms with Crippen LogP contribution < -0.4 is 10.5 Å². The minimum Gasteiger partial charge on any atom is -0.457 e. The van der Waals surface area contributed by atoms with Crippen molar-refractivity contribution in [3.05, 3.63) is 59.7 Å². The van der Waals surface area contributed by atoms with E-state index in [0.29, 0.717) is 17.1 Å². The van der Waals surface area contributed by atoms with Gasteiger partial charge in [-0.1, -0.05) is 88.3 Å². The predicted octanol–water partition coefficient (Wildman–Crippen LogP) is 8.24. The van der Waals surface area contributed by atoms with Crippen LogP contribution in [0, 0.1) is 11.3 Å². The smallest absolute Gasteiger partial charge is 0.240 e. The number of likely N-dealkylation sites (tertiary alicyclic amines) is 1. The molecule has 2 aromatic carbocycles. The summed E-state index contributed by atoms with van der Waals surface area (Å²) < 4.78 is 5.79. The van der Waals surface area contributed by atoms with Gasteiger partial charge in [-0.05, 0) is 54.8 Å². The van der Waals surface area contributed by atoms with Crippen LogP contribution in [0.25, 0.3) is 0 Å². The van der Waals surface area contributed by atoms with E-state index in [1.54, 1.807) is 38.4 Å². The summed E-state index contributed by atoms with van der Waals surface area (Å²) in [5, 5.41) is 8.83. The molecule has 3 rings (SSSR count). The molecule has 7 heteroatoms. The monoisotopic (exact) mass is 572 g/mol. The average Bonchev–Trinajstić information content (AvgIpc) is 3.61. The number of rotatable bonds is 6. The molecule has 0 spiro atoms. The lowest BCUT2D eigenvalue weighted by atomic mass is 9.93. The van der Waals surface area contributed by atoms with E-state index < -0.39 is 6.04 Å². The Morgan fingerprint density at radius 2 is 1.22 bits per heavy atom. The molecule has 0 saturated carbocycles. The molecule has 2 atom stereocenters. The Morgan fingerprint density at radius 3 is 1.56 bits per heavy atom. The highest BCUT2D eigenvalue weighted by Gasteiger charge is 2.28. The first-order chi connectivity index (χ1) is 19.8. The summed E-state index contributed by atoms with van der Waals surface area (Å²) in [6.45, 7) is 23.6. The molecule has 1 unspecified atom stereocenters. The zero-order valence-corrected chi connectivity index (χ0v) is 28.3. The van der Waals surface area contributed by atoms with Crippen molar-refractivity contribution in [2.24, 2.45) is 5.73 Å². The highest BCUT2D eigenvalue weighted by atomic mass is 16.5. The number of hydrogen-bond acceptors (Lipinski definition) is 5. The lowest BCUT2D eigenvalue weighted by Crippen LogP contribution is -2.45. The van der Waals surface area contributed by atoms with Crippen LogP contribution in [0.15, 0.2) is 48.5 Å². The van der Waals surface area contributed by atoms with Crippen molar-refractivity contribution >= 4 is 12.3 Å². The van der Waals surface area contributed by atoms with Gasteiger partial charge in [0.05, 0.1) is 17.7 Å². The van der Waals surface area contributed by atoms with Crippen molar-refractivity contribution in [2.45, 2.75) is 101 Å². The molecule has 2 aromatic rings. The molecular formula is C34H60N4O3. The molecule has 0 radical (unpaired) electrons. The zero-order chi connectivity index (χ0) is 32.8. The van der Waals surface area contributed by atoms with Crippen molar-refractivity contribution < 1.29 is 14.3 Å². The van der Waals surface area contributed by atoms with Crippen molar-refractivity contribution in [1.29, 1.82) is 5.26 Å². The van der Waals surface area contributed by atoms with Gasteiger partial charge in [0.1, 0.15) is 11.5 Å². The van der Waals surface area contributed by atoms with Gasteiger partial charge < -0.3 is 20.3 Å². The van der Waals surface area contributed by atoms with Gasteiger partial charge in [-0.3, -0.25) is 9.59 Å². The Bertz CT molecular complexity index is 886. The lowest BCUT2D eigenvalue weighted by Gasteiger charge is -2.25. The molecule has 0 bridgehead atoms. The molecule has 7 nitrogen and oxygen atoms in total. The molecule has 2 amide bonds. The van der Waals surface area contributed by atoms with Gasteiger partial charge in [0, 0.05) is 33.1 Å². The van der Waals surface area contributed by atoms with Crippen molar-refractivity contribution in [3.63, 3.8) is 0 Å². The molecule has 41 heavy (non-hydrogen) atoms.